The van der Waals surface area contributed by atoms with Crippen LogP contribution in [0, 0.1) is 6.92 Å². The van der Waals surface area contributed by atoms with Crippen molar-refractivity contribution in [3.63, 3.8) is 0 Å². The van der Waals surface area contributed by atoms with E-state index in [4.69, 9.17) is 0 Å². The number of carbonyl (C=O) groups excluding carboxylic acids is 1. The Morgan fingerprint density at radius 3 is 2.45 bits per heavy atom. The predicted molar refractivity (Wildman–Crippen MR) is 114 cm³/mol. The molecule has 2 aromatic carbocycles. The smallest absolute Gasteiger partial charge is 0.234 e. The molecule has 1 amide bonds. The molecular weight excluding hydrogens is 408 g/mol. The third-order valence-corrected chi connectivity index (χ3v) is 6.88. The number of hydrogen-bond donors (Lipinski definition) is 1. The molecule has 0 aliphatic rings. The summed E-state index contributed by atoms with van der Waals surface area (Å²) < 4.78 is 27.0. The summed E-state index contributed by atoms with van der Waals surface area (Å²) in [6, 6.07) is 15.8. The van der Waals surface area contributed by atoms with Gasteiger partial charge in [0.15, 0.2) is 15.0 Å². The largest absolute Gasteiger partial charge is 0.325 e. The Morgan fingerprint density at radius 1 is 1.07 bits per heavy atom. The Balaban J connectivity index is 1.68. The minimum absolute atomic E-state index is 0.151. The molecule has 0 aliphatic carbocycles. The van der Waals surface area contributed by atoms with Crippen molar-refractivity contribution in [1.82, 2.24) is 14.8 Å². The molecule has 3 rings (SSSR count). The summed E-state index contributed by atoms with van der Waals surface area (Å²) in [5, 5.41) is 11.5. The van der Waals surface area contributed by atoms with Crippen LogP contribution in [0.4, 0.5) is 5.69 Å². The van der Waals surface area contributed by atoms with Gasteiger partial charge in [0.25, 0.3) is 0 Å². The number of rotatable bonds is 8. The number of para-hydroxylation sites is 1. The van der Waals surface area contributed by atoms with Gasteiger partial charge in [0.2, 0.25) is 5.91 Å². The highest BCUT2D eigenvalue weighted by Crippen LogP contribution is 2.21. The molecule has 0 radical (unpaired) electrons. The van der Waals surface area contributed by atoms with Crippen LogP contribution in [0.15, 0.2) is 64.6 Å². The van der Waals surface area contributed by atoms with E-state index in [9.17, 15) is 13.2 Å². The van der Waals surface area contributed by atoms with Gasteiger partial charge in [0.05, 0.1) is 10.6 Å². The number of benzene rings is 2. The number of amides is 1. The molecule has 0 atom stereocenters. The molecule has 3 aromatic rings. The molecule has 152 valence electrons. The SMILES string of the molecule is CCn1c(CS(=O)(=O)c2ccccc2)nnc1SCC(=O)Nc1ccccc1C. The predicted octanol–water partition coefficient (Wildman–Crippen LogP) is 3.31. The van der Waals surface area contributed by atoms with Gasteiger partial charge >= 0.3 is 0 Å². The zero-order valence-electron chi connectivity index (χ0n) is 16.2. The lowest BCUT2D eigenvalue weighted by atomic mass is 10.2. The average Bonchev–Trinajstić information content (AvgIpc) is 3.09. The highest BCUT2D eigenvalue weighted by atomic mass is 32.2. The van der Waals surface area contributed by atoms with Gasteiger partial charge in [0, 0.05) is 12.2 Å². The van der Waals surface area contributed by atoms with E-state index < -0.39 is 9.84 Å². The fourth-order valence-electron chi connectivity index (χ4n) is 2.76. The number of nitrogens with one attached hydrogen (secondary N) is 1. The van der Waals surface area contributed by atoms with Crippen molar-refractivity contribution in [3.8, 4) is 0 Å². The normalized spacial score (nSPS) is 11.4. The molecule has 1 heterocycles. The first kappa shape index (κ1) is 21.1. The topological polar surface area (TPSA) is 93.9 Å². The summed E-state index contributed by atoms with van der Waals surface area (Å²) in [5.74, 6) is 0.109. The summed E-state index contributed by atoms with van der Waals surface area (Å²) in [6.07, 6.45) is 0. The van der Waals surface area contributed by atoms with Crippen LogP contribution in [0.3, 0.4) is 0 Å². The fraction of sp³-hybridized carbons (Fsp3) is 0.250. The summed E-state index contributed by atoms with van der Waals surface area (Å²) in [5.41, 5.74) is 1.75. The molecule has 1 aromatic heterocycles. The fourth-order valence-corrected chi connectivity index (χ4v) is 4.87. The Bertz CT molecular complexity index is 1100. The van der Waals surface area contributed by atoms with Crippen molar-refractivity contribution in [2.45, 2.75) is 36.2 Å². The van der Waals surface area contributed by atoms with Crippen LogP contribution in [0.25, 0.3) is 0 Å². The molecule has 9 heteroatoms. The lowest BCUT2D eigenvalue weighted by Gasteiger charge is -2.09. The molecule has 0 fully saturated rings. The Labute approximate surface area is 174 Å². The van der Waals surface area contributed by atoms with Crippen LogP contribution in [-0.4, -0.2) is 34.8 Å². The third kappa shape index (κ3) is 5.24. The molecule has 0 spiro atoms. The Morgan fingerprint density at radius 2 is 1.76 bits per heavy atom. The van der Waals surface area contributed by atoms with E-state index in [1.54, 1.807) is 34.9 Å². The molecule has 0 bridgehead atoms. The van der Waals surface area contributed by atoms with Crippen molar-refractivity contribution >= 4 is 33.2 Å². The van der Waals surface area contributed by atoms with Gasteiger partial charge in [-0.2, -0.15) is 0 Å². The maximum absolute atomic E-state index is 12.6. The van der Waals surface area contributed by atoms with Gasteiger partial charge in [-0.3, -0.25) is 4.79 Å². The second kappa shape index (κ2) is 9.23. The maximum Gasteiger partial charge on any atom is 0.234 e. The highest BCUT2D eigenvalue weighted by molar-refractivity contribution is 7.99. The van der Waals surface area contributed by atoms with E-state index in [1.165, 1.54) is 11.8 Å². The van der Waals surface area contributed by atoms with E-state index in [1.807, 2.05) is 38.1 Å². The van der Waals surface area contributed by atoms with Crippen LogP contribution in [0.1, 0.15) is 18.3 Å². The van der Waals surface area contributed by atoms with Crippen LogP contribution >= 0.6 is 11.8 Å². The first-order chi connectivity index (χ1) is 13.9. The number of nitrogens with zero attached hydrogens (tertiary/aromatic N) is 3. The monoisotopic (exact) mass is 430 g/mol. The average molecular weight is 431 g/mol. The Hall–Kier alpha value is -2.65. The lowest BCUT2D eigenvalue weighted by Crippen LogP contribution is -2.15. The first-order valence-electron chi connectivity index (χ1n) is 9.09. The van der Waals surface area contributed by atoms with Crippen molar-refractivity contribution in [3.05, 3.63) is 66.0 Å². The number of carbonyl (C=O) groups is 1. The second-order valence-electron chi connectivity index (χ2n) is 6.37. The molecule has 0 saturated carbocycles. The van der Waals surface area contributed by atoms with Crippen molar-refractivity contribution in [2.75, 3.05) is 11.1 Å². The minimum Gasteiger partial charge on any atom is -0.325 e. The van der Waals surface area contributed by atoms with Crippen molar-refractivity contribution in [2.24, 2.45) is 0 Å². The van der Waals surface area contributed by atoms with E-state index >= 15 is 0 Å². The molecular formula is C20H22N4O3S2. The quantitative estimate of drug-likeness (QED) is 0.551. The van der Waals surface area contributed by atoms with Gasteiger partial charge in [-0.15, -0.1) is 10.2 Å². The number of sulfone groups is 1. The molecule has 0 saturated heterocycles. The van der Waals surface area contributed by atoms with Gasteiger partial charge in [-0.1, -0.05) is 48.2 Å². The number of anilines is 1. The van der Waals surface area contributed by atoms with E-state index in [2.05, 4.69) is 15.5 Å². The molecule has 0 aliphatic heterocycles. The molecule has 0 unspecified atom stereocenters. The Kier molecular flexibility index (Phi) is 6.71. The van der Waals surface area contributed by atoms with Crippen LogP contribution in [0.2, 0.25) is 0 Å². The summed E-state index contributed by atoms with van der Waals surface area (Å²) >= 11 is 1.23. The standard InChI is InChI=1S/C20H22N4O3S2/c1-3-24-18(14-29(26,27)16-10-5-4-6-11-16)22-23-20(24)28-13-19(25)21-17-12-8-7-9-15(17)2/h4-12H,3,13-14H2,1-2H3,(H,21,25). The van der Waals surface area contributed by atoms with E-state index in [0.29, 0.717) is 17.5 Å². The lowest BCUT2D eigenvalue weighted by molar-refractivity contribution is -0.113. The second-order valence-corrected chi connectivity index (χ2v) is 9.30. The zero-order valence-corrected chi connectivity index (χ0v) is 17.8. The zero-order chi connectivity index (χ0) is 20.9. The van der Waals surface area contributed by atoms with Crippen LogP contribution in [0.5, 0.6) is 0 Å². The van der Waals surface area contributed by atoms with E-state index in [-0.39, 0.29) is 22.3 Å². The number of hydrogen-bond acceptors (Lipinski definition) is 6. The first-order valence-corrected chi connectivity index (χ1v) is 11.7. The summed E-state index contributed by atoms with van der Waals surface area (Å²) in [6.45, 7) is 4.32. The van der Waals surface area contributed by atoms with Gasteiger partial charge in [0.1, 0.15) is 11.6 Å². The molecule has 7 nitrogen and oxygen atoms in total. The number of aromatic nitrogens is 3. The summed E-state index contributed by atoms with van der Waals surface area (Å²) in [7, 11) is -3.52. The highest BCUT2D eigenvalue weighted by Gasteiger charge is 2.21. The van der Waals surface area contributed by atoms with E-state index in [0.717, 1.165) is 11.3 Å². The van der Waals surface area contributed by atoms with Gasteiger partial charge in [-0.25, -0.2) is 8.42 Å². The third-order valence-electron chi connectivity index (χ3n) is 4.28. The molecule has 29 heavy (non-hydrogen) atoms. The van der Waals surface area contributed by atoms with Gasteiger partial charge in [-0.05, 0) is 37.6 Å². The van der Waals surface area contributed by atoms with Crippen LogP contribution in [-0.2, 0) is 26.9 Å². The van der Waals surface area contributed by atoms with Crippen LogP contribution < -0.4 is 5.32 Å². The number of aryl methyl sites for hydroxylation is 1. The number of thioether (sulfide) groups is 1. The van der Waals surface area contributed by atoms with Crippen molar-refractivity contribution < 1.29 is 13.2 Å². The van der Waals surface area contributed by atoms with Gasteiger partial charge < -0.3 is 9.88 Å². The maximum atomic E-state index is 12.6. The summed E-state index contributed by atoms with van der Waals surface area (Å²) in [4.78, 5) is 12.5. The minimum atomic E-state index is -3.52. The molecule has 1 N–H and O–H groups in total. The van der Waals surface area contributed by atoms with Crippen molar-refractivity contribution in [1.29, 1.82) is 0 Å².